The number of amides is 3. The predicted molar refractivity (Wildman–Crippen MR) is 176 cm³/mol. The standard InChI is InChI=1S/C34H41N3O13/c1-34(2,3)50-33(45)37-25-10-8-21(17-27(25)48-15-13-39)31(43)35-23-7-5-6-20(16-26(23)47-14-12-38)30(42)36-24-11-9-22(32(44)46-4)18-28(24)49-19-29(40)41/h5-10,16-18,20,24,38-39H,11-15,19H2,1-4H3,(H,35,43)(H,36,42)(H,37,45)(H,40,41). The van der Waals surface area contributed by atoms with Crippen molar-refractivity contribution >= 4 is 35.5 Å². The number of aliphatic hydroxyl groups excluding tert-OH is 2. The molecule has 0 radical (unpaired) electrons. The van der Waals surface area contributed by atoms with Gasteiger partial charge in [-0.05, 0) is 63.6 Å². The fourth-order valence-electron chi connectivity index (χ4n) is 4.48. The smallest absolute Gasteiger partial charge is 0.412 e. The predicted octanol–water partition coefficient (Wildman–Crippen LogP) is 2.07. The fraction of sp³-hybridized carbons (Fsp3) is 0.382. The highest BCUT2D eigenvalue weighted by Crippen LogP contribution is 2.28. The van der Waals surface area contributed by atoms with Crippen LogP contribution in [0.15, 0.2) is 77.4 Å². The molecule has 0 spiro atoms. The molecule has 2 aliphatic carbocycles. The molecule has 2 unspecified atom stereocenters. The first kappa shape index (κ1) is 38.8. The van der Waals surface area contributed by atoms with E-state index in [-0.39, 0.29) is 72.6 Å². The zero-order chi connectivity index (χ0) is 36.8. The Morgan fingerprint density at radius 1 is 0.980 bits per heavy atom. The molecule has 2 aliphatic rings. The van der Waals surface area contributed by atoms with Crippen LogP contribution >= 0.6 is 0 Å². The van der Waals surface area contributed by atoms with Gasteiger partial charge in [-0.2, -0.15) is 0 Å². The molecular formula is C34H41N3O13. The zero-order valence-electron chi connectivity index (χ0n) is 28.0. The Kier molecular flexibility index (Phi) is 14.2. The number of hydrogen-bond acceptors (Lipinski definition) is 12. The minimum atomic E-state index is -1.26. The van der Waals surface area contributed by atoms with Crippen LogP contribution in [0.4, 0.5) is 10.5 Å². The molecule has 6 N–H and O–H groups in total. The number of allylic oxidation sites excluding steroid dienone is 2. The zero-order valence-corrected chi connectivity index (χ0v) is 28.0. The molecule has 50 heavy (non-hydrogen) atoms. The number of carboxylic acid groups (broad SMARTS) is 1. The van der Waals surface area contributed by atoms with Crippen molar-refractivity contribution < 1.29 is 63.0 Å². The van der Waals surface area contributed by atoms with Gasteiger partial charge in [-0.3, -0.25) is 14.9 Å². The first-order chi connectivity index (χ1) is 23.7. The highest BCUT2D eigenvalue weighted by atomic mass is 16.6. The van der Waals surface area contributed by atoms with Gasteiger partial charge >= 0.3 is 18.0 Å². The number of anilines is 1. The van der Waals surface area contributed by atoms with E-state index in [1.807, 2.05) is 0 Å². The van der Waals surface area contributed by atoms with Crippen LogP contribution in [0.2, 0.25) is 0 Å². The van der Waals surface area contributed by atoms with Gasteiger partial charge in [0.05, 0.1) is 49.2 Å². The molecule has 3 rings (SSSR count). The van der Waals surface area contributed by atoms with E-state index in [0.717, 1.165) is 0 Å². The van der Waals surface area contributed by atoms with Gasteiger partial charge in [0.1, 0.15) is 36.1 Å². The molecule has 2 atom stereocenters. The maximum Gasteiger partial charge on any atom is 0.412 e. The Morgan fingerprint density at radius 3 is 2.36 bits per heavy atom. The van der Waals surface area contributed by atoms with Crippen LogP contribution in [-0.4, -0.2) is 97.0 Å². The minimum Gasteiger partial charge on any atom is -0.489 e. The van der Waals surface area contributed by atoms with E-state index in [0.29, 0.717) is 0 Å². The monoisotopic (exact) mass is 699 g/mol. The number of benzene rings is 1. The molecule has 0 aromatic heterocycles. The van der Waals surface area contributed by atoms with Gasteiger partial charge in [-0.15, -0.1) is 0 Å². The molecule has 0 fully saturated rings. The van der Waals surface area contributed by atoms with Gasteiger partial charge in [0.2, 0.25) is 5.91 Å². The van der Waals surface area contributed by atoms with Crippen molar-refractivity contribution in [2.75, 3.05) is 45.5 Å². The molecule has 0 aliphatic heterocycles. The average Bonchev–Trinajstić information content (AvgIpc) is 3.26. The van der Waals surface area contributed by atoms with Crippen molar-refractivity contribution in [2.45, 2.75) is 38.8 Å². The average molecular weight is 700 g/mol. The summed E-state index contributed by atoms with van der Waals surface area (Å²) in [6.07, 6.45) is 8.12. The largest absolute Gasteiger partial charge is 0.489 e. The Bertz CT molecular complexity index is 1600. The second kappa shape index (κ2) is 18.2. The van der Waals surface area contributed by atoms with Gasteiger partial charge in [-0.1, -0.05) is 18.2 Å². The Morgan fingerprint density at radius 2 is 1.70 bits per heavy atom. The maximum absolute atomic E-state index is 13.4. The first-order valence-corrected chi connectivity index (χ1v) is 15.4. The number of ether oxygens (including phenoxy) is 5. The number of carboxylic acids is 1. The summed E-state index contributed by atoms with van der Waals surface area (Å²) in [4.78, 5) is 62.4. The van der Waals surface area contributed by atoms with Crippen LogP contribution < -0.4 is 20.7 Å². The summed E-state index contributed by atoms with van der Waals surface area (Å²) >= 11 is 0. The second-order valence-corrected chi connectivity index (χ2v) is 11.6. The third-order valence-electron chi connectivity index (χ3n) is 6.62. The van der Waals surface area contributed by atoms with E-state index in [1.54, 1.807) is 20.8 Å². The van der Waals surface area contributed by atoms with Gasteiger partial charge in [-0.25, -0.2) is 14.4 Å². The lowest BCUT2D eigenvalue weighted by molar-refractivity contribution is -0.141. The molecule has 16 nitrogen and oxygen atoms in total. The molecule has 16 heteroatoms. The van der Waals surface area contributed by atoms with Crippen molar-refractivity contribution in [2.24, 2.45) is 5.92 Å². The number of hydrogen-bond donors (Lipinski definition) is 6. The number of methoxy groups -OCH3 is 1. The summed E-state index contributed by atoms with van der Waals surface area (Å²) in [5.41, 5.74) is -0.174. The summed E-state index contributed by atoms with van der Waals surface area (Å²) in [6, 6.07) is 3.41. The maximum atomic E-state index is 13.4. The van der Waals surface area contributed by atoms with E-state index < -0.39 is 54.0 Å². The number of esters is 1. The summed E-state index contributed by atoms with van der Waals surface area (Å²) in [5, 5.41) is 35.8. The van der Waals surface area contributed by atoms with Crippen LogP contribution in [0.5, 0.6) is 5.75 Å². The van der Waals surface area contributed by atoms with E-state index in [2.05, 4.69) is 16.0 Å². The third-order valence-corrected chi connectivity index (χ3v) is 6.62. The minimum absolute atomic E-state index is 0.0442. The van der Waals surface area contributed by atoms with Crippen LogP contribution in [0.3, 0.4) is 0 Å². The molecule has 0 bridgehead atoms. The third kappa shape index (κ3) is 11.8. The highest BCUT2D eigenvalue weighted by Gasteiger charge is 2.28. The second-order valence-electron chi connectivity index (χ2n) is 11.6. The van der Waals surface area contributed by atoms with Crippen molar-refractivity contribution in [3.8, 4) is 5.75 Å². The first-order valence-electron chi connectivity index (χ1n) is 15.4. The molecule has 0 heterocycles. The van der Waals surface area contributed by atoms with E-state index in [4.69, 9.17) is 28.8 Å². The quantitative estimate of drug-likeness (QED) is 0.144. The van der Waals surface area contributed by atoms with Gasteiger partial charge in [0.25, 0.3) is 5.91 Å². The Balaban J connectivity index is 1.81. The van der Waals surface area contributed by atoms with Crippen molar-refractivity contribution in [1.82, 2.24) is 10.6 Å². The molecule has 1 aromatic carbocycles. The topological polar surface area (TPSA) is 228 Å². The van der Waals surface area contributed by atoms with Gasteiger partial charge in [0.15, 0.2) is 6.61 Å². The lowest BCUT2D eigenvalue weighted by Gasteiger charge is -2.25. The van der Waals surface area contributed by atoms with Crippen LogP contribution in [-0.2, 0) is 33.3 Å². The number of rotatable bonds is 15. The van der Waals surface area contributed by atoms with Crippen molar-refractivity contribution in [3.63, 3.8) is 0 Å². The summed E-state index contributed by atoms with van der Waals surface area (Å²) in [6.45, 7) is 3.41. The number of carbonyl (C=O) groups excluding carboxylic acids is 4. The van der Waals surface area contributed by atoms with Crippen LogP contribution in [0.1, 0.15) is 37.6 Å². The number of nitrogens with one attached hydrogen (secondary N) is 3. The molecule has 0 saturated heterocycles. The highest BCUT2D eigenvalue weighted by molar-refractivity contribution is 5.98. The molecule has 270 valence electrons. The normalized spacial score (nSPS) is 17.0. The lowest BCUT2D eigenvalue weighted by atomic mass is 9.99. The number of carbonyl (C=O) groups is 5. The van der Waals surface area contributed by atoms with E-state index >= 15 is 0 Å². The van der Waals surface area contributed by atoms with Crippen molar-refractivity contribution in [1.29, 1.82) is 0 Å². The summed E-state index contributed by atoms with van der Waals surface area (Å²) in [7, 11) is 1.20. The molecule has 3 amide bonds. The SMILES string of the molecule is COC(=O)C1=CCC(NC(=O)C2C=CC=C(NC(=O)c3ccc(NC(=O)OC(C)(C)C)c(OCCO)c3)C(OCCO)=C2)C(OCC(=O)O)=C1. The van der Waals surface area contributed by atoms with Crippen LogP contribution in [0.25, 0.3) is 0 Å². The van der Waals surface area contributed by atoms with Crippen molar-refractivity contribution in [3.05, 3.63) is 83.0 Å². The van der Waals surface area contributed by atoms with Crippen LogP contribution in [0, 0.1) is 5.92 Å². The van der Waals surface area contributed by atoms with Gasteiger partial charge in [0, 0.05) is 5.56 Å². The fourth-order valence-corrected chi connectivity index (χ4v) is 4.48. The number of aliphatic hydroxyl groups is 2. The van der Waals surface area contributed by atoms with Gasteiger partial charge < -0.3 is 49.6 Å². The number of aliphatic carboxylic acids is 1. The van der Waals surface area contributed by atoms with E-state index in [1.165, 1.54) is 61.8 Å². The van der Waals surface area contributed by atoms with E-state index in [9.17, 15) is 34.2 Å². The lowest BCUT2D eigenvalue weighted by Crippen LogP contribution is -2.41. The molecular weight excluding hydrogens is 658 g/mol. The Labute approximate surface area is 288 Å². The molecule has 1 aromatic rings. The summed E-state index contributed by atoms with van der Waals surface area (Å²) in [5.74, 6) is -3.84. The molecule has 0 saturated carbocycles. The summed E-state index contributed by atoms with van der Waals surface area (Å²) < 4.78 is 26.6. The Hall–Kier alpha value is -5.61.